The molecule has 2 atom stereocenters. The Morgan fingerprint density at radius 1 is 1.35 bits per heavy atom. The second-order valence-electron chi connectivity index (χ2n) is 6.56. The van der Waals surface area contributed by atoms with E-state index in [0.717, 1.165) is 13.0 Å². The van der Waals surface area contributed by atoms with Gasteiger partial charge in [0.2, 0.25) is 0 Å². The summed E-state index contributed by atoms with van der Waals surface area (Å²) in [5, 5.41) is 10.9. The van der Waals surface area contributed by atoms with Gasteiger partial charge in [-0.05, 0) is 46.9 Å². The Kier molecular flexibility index (Phi) is 6.08. The van der Waals surface area contributed by atoms with Crippen molar-refractivity contribution in [3.05, 3.63) is 52.2 Å². The van der Waals surface area contributed by atoms with Crippen molar-refractivity contribution < 1.29 is 8.78 Å². The number of para-hydroxylation sites is 1. The van der Waals surface area contributed by atoms with E-state index >= 15 is 0 Å². The quantitative estimate of drug-likeness (QED) is 0.617. The van der Waals surface area contributed by atoms with E-state index in [4.69, 9.17) is 0 Å². The van der Waals surface area contributed by atoms with Gasteiger partial charge in [0.05, 0.1) is 0 Å². The lowest BCUT2D eigenvalue weighted by molar-refractivity contribution is 0.575. The molecule has 26 heavy (non-hydrogen) atoms. The lowest BCUT2D eigenvalue weighted by Gasteiger charge is -2.22. The molecule has 1 aliphatic heterocycles. The van der Waals surface area contributed by atoms with Gasteiger partial charge in [-0.3, -0.25) is 4.99 Å². The minimum Gasteiger partial charge on any atom is -0.365 e. The average molecular weight is 378 g/mol. The molecule has 0 radical (unpaired) electrons. The molecule has 2 unspecified atom stereocenters. The van der Waals surface area contributed by atoms with Crippen molar-refractivity contribution in [3.8, 4) is 0 Å². The van der Waals surface area contributed by atoms with E-state index in [2.05, 4.69) is 39.4 Å². The molecule has 0 amide bonds. The van der Waals surface area contributed by atoms with Crippen LogP contribution in [0.5, 0.6) is 0 Å². The number of aliphatic imine (C=N–C) groups is 1. The molecule has 0 saturated carbocycles. The van der Waals surface area contributed by atoms with E-state index in [1.54, 1.807) is 23.3 Å². The van der Waals surface area contributed by atoms with E-state index < -0.39 is 11.6 Å². The minimum atomic E-state index is -0.516. The Balaban J connectivity index is 1.54. The summed E-state index contributed by atoms with van der Waals surface area (Å²) in [5.41, 5.74) is 1.37. The number of thiophene rings is 1. The molecule has 2 heterocycles. The normalized spacial score (nSPS) is 18.8. The van der Waals surface area contributed by atoms with Crippen LogP contribution in [0.4, 0.5) is 14.5 Å². The van der Waals surface area contributed by atoms with Crippen molar-refractivity contribution in [3.63, 3.8) is 0 Å². The number of halogens is 2. The fourth-order valence-corrected chi connectivity index (χ4v) is 3.97. The number of nitrogens with one attached hydrogen (secondary N) is 2. The van der Waals surface area contributed by atoms with Gasteiger partial charge >= 0.3 is 0 Å². The predicted octanol–water partition coefficient (Wildman–Crippen LogP) is 3.57. The van der Waals surface area contributed by atoms with Crippen molar-refractivity contribution in [2.24, 2.45) is 4.99 Å². The zero-order valence-electron chi connectivity index (χ0n) is 15.0. The second kappa shape index (κ2) is 8.49. The van der Waals surface area contributed by atoms with Crippen molar-refractivity contribution in [1.29, 1.82) is 0 Å². The topological polar surface area (TPSA) is 39.7 Å². The van der Waals surface area contributed by atoms with Crippen LogP contribution in [0.1, 0.15) is 24.8 Å². The van der Waals surface area contributed by atoms with Crippen LogP contribution in [-0.4, -0.2) is 38.7 Å². The maximum Gasteiger partial charge on any atom is 0.191 e. The smallest absolute Gasteiger partial charge is 0.191 e. The fourth-order valence-electron chi connectivity index (χ4n) is 3.18. The van der Waals surface area contributed by atoms with E-state index in [1.807, 2.05) is 0 Å². The van der Waals surface area contributed by atoms with Crippen LogP contribution in [0.2, 0.25) is 0 Å². The van der Waals surface area contributed by atoms with Gasteiger partial charge < -0.3 is 15.5 Å². The Hall–Kier alpha value is -2.15. The summed E-state index contributed by atoms with van der Waals surface area (Å²) in [6, 6.07) is 6.21. The summed E-state index contributed by atoms with van der Waals surface area (Å²) < 4.78 is 27.9. The van der Waals surface area contributed by atoms with Crippen LogP contribution in [0, 0.1) is 11.6 Å². The molecule has 7 heteroatoms. The monoisotopic (exact) mass is 378 g/mol. The van der Waals surface area contributed by atoms with Crippen molar-refractivity contribution in [1.82, 2.24) is 10.6 Å². The zero-order chi connectivity index (χ0) is 18.5. The molecule has 140 valence electrons. The molecule has 0 spiro atoms. The lowest BCUT2D eigenvalue weighted by Crippen LogP contribution is -2.45. The molecule has 1 saturated heterocycles. The maximum absolute atomic E-state index is 14.0. The van der Waals surface area contributed by atoms with Gasteiger partial charge in [0, 0.05) is 32.7 Å². The summed E-state index contributed by atoms with van der Waals surface area (Å²) in [4.78, 5) is 6.02. The van der Waals surface area contributed by atoms with Gasteiger partial charge in [0.25, 0.3) is 0 Å². The van der Waals surface area contributed by atoms with Crippen LogP contribution < -0.4 is 15.5 Å². The highest BCUT2D eigenvalue weighted by atomic mass is 32.1. The summed E-state index contributed by atoms with van der Waals surface area (Å²) in [6.07, 6.45) is 0.800. The van der Waals surface area contributed by atoms with Gasteiger partial charge in [0.15, 0.2) is 5.96 Å². The highest BCUT2D eigenvalue weighted by Crippen LogP contribution is 2.26. The van der Waals surface area contributed by atoms with Gasteiger partial charge in [-0.15, -0.1) is 0 Å². The molecule has 3 rings (SSSR count). The first kappa shape index (κ1) is 18.6. The van der Waals surface area contributed by atoms with E-state index in [-0.39, 0.29) is 11.7 Å². The number of anilines is 1. The third-order valence-corrected chi connectivity index (χ3v) is 5.40. The average Bonchev–Trinajstić information content (AvgIpc) is 3.30. The zero-order valence-corrected chi connectivity index (χ0v) is 15.8. The van der Waals surface area contributed by atoms with Crippen LogP contribution in [0.25, 0.3) is 0 Å². The second-order valence-corrected chi connectivity index (χ2v) is 7.34. The first-order chi connectivity index (χ1) is 12.6. The molecular weight excluding hydrogens is 354 g/mol. The molecule has 0 bridgehead atoms. The molecule has 1 aliphatic rings. The molecule has 1 fully saturated rings. The van der Waals surface area contributed by atoms with E-state index in [1.165, 1.54) is 23.8 Å². The SMILES string of the molecule is CN=C(NCC(C)c1ccsc1)NC1CCN(c2c(F)cccc2F)C1. The number of benzene rings is 1. The molecular formula is C19H24F2N4S. The largest absolute Gasteiger partial charge is 0.365 e. The first-order valence-corrected chi connectivity index (χ1v) is 9.71. The Labute approximate surface area is 156 Å². The van der Waals surface area contributed by atoms with Crippen LogP contribution in [0.3, 0.4) is 0 Å². The molecule has 1 aromatic heterocycles. The summed E-state index contributed by atoms with van der Waals surface area (Å²) in [6.45, 7) is 4.09. The Morgan fingerprint density at radius 2 is 2.12 bits per heavy atom. The van der Waals surface area contributed by atoms with Gasteiger partial charge in [-0.25, -0.2) is 8.78 Å². The third-order valence-electron chi connectivity index (χ3n) is 4.69. The van der Waals surface area contributed by atoms with Crippen molar-refractivity contribution in [2.75, 3.05) is 31.6 Å². The Morgan fingerprint density at radius 3 is 2.77 bits per heavy atom. The van der Waals surface area contributed by atoms with Crippen molar-refractivity contribution in [2.45, 2.75) is 25.3 Å². The van der Waals surface area contributed by atoms with Gasteiger partial charge in [-0.1, -0.05) is 13.0 Å². The minimum absolute atomic E-state index is 0.0610. The van der Waals surface area contributed by atoms with Crippen LogP contribution in [-0.2, 0) is 0 Å². The number of nitrogens with zero attached hydrogens (tertiary/aromatic N) is 2. The molecule has 2 N–H and O–H groups in total. The van der Waals surface area contributed by atoms with Gasteiger partial charge in [-0.2, -0.15) is 11.3 Å². The number of hydrogen-bond acceptors (Lipinski definition) is 3. The summed E-state index contributed by atoms with van der Waals surface area (Å²) in [7, 11) is 1.73. The summed E-state index contributed by atoms with van der Waals surface area (Å²) >= 11 is 1.69. The number of rotatable bonds is 5. The Bertz CT molecular complexity index is 728. The van der Waals surface area contributed by atoms with E-state index in [9.17, 15) is 8.78 Å². The van der Waals surface area contributed by atoms with Crippen LogP contribution >= 0.6 is 11.3 Å². The standard InChI is InChI=1S/C19H24F2N4S/c1-13(14-7-9-26-12-14)10-23-19(22-2)24-15-6-8-25(11-15)18-16(20)4-3-5-17(18)21/h3-5,7,9,12-13,15H,6,8,10-11H2,1-2H3,(H2,22,23,24). The summed E-state index contributed by atoms with van der Waals surface area (Å²) in [5.74, 6) is 0.0656. The van der Waals surface area contributed by atoms with Gasteiger partial charge in [0.1, 0.15) is 17.3 Å². The van der Waals surface area contributed by atoms with Crippen LogP contribution in [0.15, 0.2) is 40.0 Å². The number of guanidine groups is 1. The van der Waals surface area contributed by atoms with Crippen molar-refractivity contribution >= 4 is 23.0 Å². The third kappa shape index (κ3) is 4.33. The molecule has 0 aliphatic carbocycles. The highest BCUT2D eigenvalue weighted by Gasteiger charge is 2.27. The number of hydrogen-bond donors (Lipinski definition) is 2. The van der Waals surface area contributed by atoms with E-state index in [0.29, 0.717) is 25.0 Å². The lowest BCUT2D eigenvalue weighted by atomic mass is 10.1. The first-order valence-electron chi connectivity index (χ1n) is 8.76. The molecule has 4 nitrogen and oxygen atoms in total. The molecule has 1 aromatic carbocycles. The maximum atomic E-state index is 14.0. The predicted molar refractivity (Wildman–Crippen MR) is 104 cm³/mol. The fraction of sp³-hybridized carbons (Fsp3) is 0.421. The highest BCUT2D eigenvalue weighted by molar-refractivity contribution is 7.07. The molecule has 2 aromatic rings.